The first-order chi connectivity index (χ1) is 10.0. The number of pyridine rings is 1. The number of carbonyl (C=O) groups is 1. The van der Waals surface area contributed by atoms with Gasteiger partial charge in [0.2, 0.25) is 11.8 Å². The second kappa shape index (κ2) is 6.76. The van der Waals surface area contributed by atoms with E-state index in [-0.39, 0.29) is 18.5 Å². The molecule has 7 heteroatoms. The van der Waals surface area contributed by atoms with Gasteiger partial charge in [-0.05, 0) is 19.9 Å². The minimum Gasteiger partial charge on any atom is -0.481 e. The first-order valence-electron chi connectivity index (χ1n) is 6.80. The number of hydrogen-bond acceptors (Lipinski definition) is 4. The van der Waals surface area contributed by atoms with Crippen molar-refractivity contribution in [2.24, 2.45) is 0 Å². The van der Waals surface area contributed by atoms with Crippen LogP contribution in [-0.2, 0) is 17.8 Å². The van der Waals surface area contributed by atoms with E-state index in [9.17, 15) is 4.79 Å². The summed E-state index contributed by atoms with van der Waals surface area (Å²) >= 11 is 5.82. The van der Waals surface area contributed by atoms with Crippen LogP contribution >= 0.6 is 11.6 Å². The Hall–Kier alpha value is -1.82. The number of halogens is 1. The zero-order valence-electron chi connectivity index (χ0n) is 12.4. The number of aromatic nitrogens is 3. The summed E-state index contributed by atoms with van der Waals surface area (Å²) < 4.78 is 6.93. The maximum absolute atomic E-state index is 12.0. The average molecular weight is 311 g/mol. The fraction of sp³-hybridized carbons (Fsp3) is 0.500. The lowest BCUT2D eigenvalue weighted by molar-refractivity contribution is -0.122. The highest BCUT2D eigenvalue weighted by molar-refractivity contribution is 6.17. The number of carbonyl (C=O) groups excluding carboxylic acids is 1. The van der Waals surface area contributed by atoms with E-state index in [0.717, 1.165) is 11.3 Å². The molecule has 0 fully saturated rings. The second-order valence-corrected chi connectivity index (χ2v) is 5.35. The molecule has 2 aromatic heterocycles. The van der Waals surface area contributed by atoms with Crippen LogP contribution in [0, 0.1) is 0 Å². The lowest BCUT2D eigenvalue weighted by Crippen LogP contribution is -2.33. The molecule has 2 aromatic rings. The van der Waals surface area contributed by atoms with E-state index in [1.807, 2.05) is 19.9 Å². The Morgan fingerprint density at radius 3 is 2.81 bits per heavy atom. The van der Waals surface area contributed by atoms with Gasteiger partial charge in [-0.2, -0.15) is 4.98 Å². The number of nitrogens with zero attached hydrogens (tertiary/aromatic N) is 3. The SMILES string of the molecule is COc1ccc2nc(CCCl)n(CC(=O)NC(C)C)c2n1. The molecule has 2 rings (SSSR count). The highest BCUT2D eigenvalue weighted by Crippen LogP contribution is 2.18. The molecule has 0 aromatic carbocycles. The van der Waals surface area contributed by atoms with Crippen molar-refractivity contribution in [3.63, 3.8) is 0 Å². The molecule has 0 bridgehead atoms. The predicted octanol–water partition coefficient (Wildman–Crippen LogP) is 1.75. The summed E-state index contributed by atoms with van der Waals surface area (Å²) in [5.41, 5.74) is 1.36. The number of nitrogens with one attached hydrogen (secondary N) is 1. The lowest BCUT2D eigenvalue weighted by atomic mass is 10.3. The number of methoxy groups -OCH3 is 1. The Balaban J connectivity index is 2.41. The lowest BCUT2D eigenvalue weighted by Gasteiger charge is -2.11. The van der Waals surface area contributed by atoms with Crippen LogP contribution in [0.15, 0.2) is 12.1 Å². The third-order valence-electron chi connectivity index (χ3n) is 2.92. The van der Waals surface area contributed by atoms with E-state index in [4.69, 9.17) is 16.3 Å². The van der Waals surface area contributed by atoms with Crippen molar-refractivity contribution in [1.82, 2.24) is 19.9 Å². The van der Waals surface area contributed by atoms with Crippen molar-refractivity contribution in [3.05, 3.63) is 18.0 Å². The molecule has 6 nitrogen and oxygen atoms in total. The molecular weight excluding hydrogens is 292 g/mol. The van der Waals surface area contributed by atoms with Crippen molar-refractivity contribution >= 4 is 28.7 Å². The van der Waals surface area contributed by atoms with Crippen LogP contribution < -0.4 is 10.1 Å². The zero-order valence-corrected chi connectivity index (χ0v) is 13.1. The van der Waals surface area contributed by atoms with Crippen LogP contribution in [0.25, 0.3) is 11.2 Å². The van der Waals surface area contributed by atoms with Gasteiger partial charge in [0.05, 0.1) is 7.11 Å². The monoisotopic (exact) mass is 310 g/mol. The summed E-state index contributed by atoms with van der Waals surface area (Å²) in [5.74, 6) is 1.60. The summed E-state index contributed by atoms with van der Waals surface area (Å²) in [7, 11) is 1.56. The third kappa shape index (κ3) is 3.64. The van der Waals surface area contributed by atoms with Gasteiger partial charge in [-0.1, -0.05) is 0 Å². The first kappa shape index (κ1) is 15.6. The molecule has 0 saturated carbocycles. The first-order valence-corrected chi connectivity index (χ1v) is 7.34. The maximum atomic E-state index is 12.0. The van der Waals surface area contributed by atoms with Crippen LogP contribution in [0.3, 0.4) is 0 Å². The van der Waals surface area contributed by atoms with Gasteiger partial charge in [-0.15, -0.1) is 11.6 Å². The van der Waals surface area contributed by atoms with E-state index in [2.05, 4.69) is 15.3 Å². The normalized spacial score (nSPS) is 11.1. The van der Waals surface area contributed by atoms with E-state index in [1.54, 1.807) is 17.7 Å². The second-order valence-electron chi connectivity index (χ2n) is 4.97. The summed E-state index contributed by atoms with van der Waals surface area (Å²) in [6, 6.07) is 3.67. The van der Waals surface area contributed by atoms with Crippen LogP contribution in [0.2, 0.25) is 0 Å². The standard InChI is InChI=1S/C14H19ClN4O2/c1-9(2)16-12(20)8-19-11(6-7-15)17-10-4-5-13(21-3)18-14(10)19/h4-5,9H,6-8H2,1-3H3,(H,16,20). The number of alkyl halides is 1. The van der Waals surface area contributed by atoms with Crippen molar-refractivity contribution in [2.75, 3.05) is 13.0 Å². The molecule has 2 heterocycles. The molecular formula is C14H19ClN4O2. The molecule has 0 aliphatic rings. The Bertz CT molecular complexity index is 639. The Kier molecular flexibility index (Phi) is 5.01. The molecule has 0 atom stereocenters. The van der Waals surface area contributed by atoms with Gasteiger partial charge < -0.3 is 14.6 Å². The predicted molar refractivity (Wildman–Crippen MR) is 81.8 cm³/mol. The minimum atomic E-state index is -0.0789. The number of aryl methyl sites for hydroxylation is 1. The van der Waals surface area contributed by atoms with Gasteiger partial charge in [0.25, 0.3) is 0 Å². The van der Waals surface area contributed by atoms with Gasteiger partial charge in [0, 0.05) is 24.4 Å². The van der Waals surface area contributed by atoms with E-state index in [0.29, 0.717) is 23.8 Å². The topological polar surface area (TPSA) is 69.0 Å². The van der Waals surface area contributed by atoms with E-state index < -0.39 is 0 Å². The molecule has 1 amide bonds. The summed E-state index contributed by atoms with van der Waals surface area (Å²) in [6.45, 7) is 4.01. The van der Waals surface area contributed by atoms with Gasteiger partial charge in [-0.25, -0.2) is 4.98 Å². The van der Waals surface area contributed by atoms with Gasteiger partial charge >= 0.3 is 0 Å². The molecule has 0 aliphatic carbocycles. The molecule has 21 heavy (non-hydrogen) atoms. The van der Waals surface area contributed by atoms with E-state index >= 15 is 0 Å². The molecule has 0 spiro atoms. The van der Waals surface area contributed by atoms with Crippen molar-refractivity contribution < 1.29 is 9.53 Å². The van der Waals surface area contributed by atoms with Crippen molar-refractivity contribution in [1.29, 1.82) is 0 Å². The van der Waals surface area contributed by atoms with Crippen molar-refractivity contribution in [3.8, 4) is 5.88 Å². The summed E-state index contributed by atoms with van der Waals surface area (Å²) in [6.07, 6.45) is 0.579. The molecule has 114 valence electrons. The maximum Gasteiger partial charge on any atom is 0.240 e. The van der Waals surface area contributed by atoms with Crippen LogP contribution in [0.1, 0.15) is 19.7 Å². The fourth-order valence-electron chi connectivity index (χ4n) is 2.10. The number of rotatable bonds is 6. The largest absolute Gasteiger partial charge is 0.481 e. The Morgan fingerprint density at radius 2 is 2.19 bits per heavy atom. The summed E-state index contributed by atoms with van der Waals surface area (Å²) in [5, 5.41) is 2.86. The highest BCUT2D eigenvalue weighted by Gasteiger charge is 2.15. The van der Waals surface area contributed by atoms with Crippen LogP contribution in [0.4, 0.5) is 0 Å². The fourth-order valence-corrected chi connectivity index (χ4v) is 2.27. The van der Waals surface area contributed by atoms with Crippen LogP contribution in [-0.4, -0.2) is 39.5 Å². The van der Waals surface area contributed by atoms with Crippen LogP contribution in [0.5, 0.6) is 5.88 Å². The molecule has 0 radical (unpaired) electrons. The number of fused-ring (bicyclic) bond motifs is 1. The van der Waals surface area contributed by atoms with Gasteiger partial charge in [0.15, 0.2) is 5.65 Å². The molecule has 0 saturated heterocycles. The minimum absolute atomic E-state index is 0.0789. The zero-order chi connectivity index (χ0) is 15.4. The number of imidazole rings is 1. The quantitative estimate of drug-likeness (QED) is 0.825. The number of hydrogen-bond donors (Lipinski definition) is 1. The Morgan fingerprint density at radius 1 is 1.43 bits per heavy atom. The van der Waals surface area contributed by atoms with Crippen molar-refractivity contribution in [2.45, 2.75) is 32.9 Å². The van der Waals surface area contributed by atoms with E-state index in [1.165, 1.54) is 0 Å². The number of amides is 1. The Labute approximate surface area is 128 Å². The van der Waals surface area contributed by atoms with Gasteiger partial charge in [0.1, 0.15) is 17.9 Å². The third-order valence-corrected chi connectivity index (χ3v) is 3.11. The average Bonchev–Trinajstić information content (AvgIpc) is 2.75. The molecule has 0 aliphatic heterocycles. The molecule has 1 N–H and O–H groups in total. The highest BCUT2D eigenvalue weighted by atomic mass is 35.5. The summed E-state index contributed by atoms with van der Waals surface area (Å²) in [4.78, 5) is 20.9. The molecule has 0 unspecified atom stereocenters. The van der Waals surface area contributed by atoms with Gasteiger partial charge in [-0.3, -0.25) is 4.79 Å². The number of ether oxygens (including phenoxy) is 1. The smallest absolute Gasteiger partial charge is 0.240 e.